The first-order valence-corrected chi connectivity index (χ1v) is 5.91. The standard InChI is InChI=1S/C11H14N6O3/c1-3-20-11(19)8-9(10-13-4-5-16(10)2)17(15-14-8)6-7(12)18/h4-5H,3,6H2,1-2H3,(H2,12,18). The van der Waals surface area contributed by atoms with E-state index in [2.05, 4.69) is 15.3 Å². The van der Waals surface area contributed by atoms with Crippen LogP contribution in [0.5, 0.6) is 0 Å². The van der Waals surface area contributed by atoms with Gasteiger partial charge >= 0.3 is 5.97 Å². The van der Waals surface area contributed by atoms with Gasteiger partial charge in [0, 0.05) is 19.4 Å². The number of carbonyl (C=O) groups is 2. The second-order valence-electron chi connectivity index (χ2n) is 3.99. The molecule has 0 aromatic carbocycles. The van der Waals surface area contributed by atoms with Crippen LogP contribution in [0.15, 0.2) is 12.4 Å². The number of imidazole rings is 1. The van der Waals surface area contributed by atoms with E-state index in [0.717, 1.165) is 0 Å². The maximum atomic E-state index is 11.9. The van der Waals surface area contributed by atoms with E-state index < -0.39 is 11.9 Å². The van der Waals surface area contributed by atoms with Gasteiger partial charge in [0.15, 0.2) is 5.82 Å². The minimum absolute atomic E-state index is 0.00222. The molecule has 2 aromatic rings. The molecule has 106 valence electrons. The van der Waals surface area contributed by atoms with Crippen molar-refractivity contribution in [1.29, 1.82) is 0 Å². The summed E-state index contributed by atoms with van der Waals surface area (Å²) < 4.78 is 7.83. The van der Waals surface area contributed by atoms with Gasteiger partial charge in [0.2, 0.25) is 11.6 Å². The van der Waals surface area contributed by atoms with Crippen molar-refractivity contribution < 1.29 is 14.3 Å². The van der Waals surface area contributed by atoms with Crippen molar-refractivity contribution >= 4 is 11.9 Å². The summed E-state index contributed by atoms with van der Waals surface area (Å²) in [6.07, 6.45) is 3.26. The first-order chi connectivity index (χ1) is 9.54. The van der Waals surface area contributed by atoms with Gasteiger partial charge in [0.1, 0.15) is 12.2 Å². The van der Waals surface area contributed by atoms with Gasteiger partial charge in [-0.2, -0.15) is 0 Å². The van der Waals surface area contributed by atoms with Gasteiger partial charge in [-0.1, -0.05) is 5.21 Å². The van der Waals surface area contributed by atoms with Crippen LogP contribution < -0.4 is 5.73 Å². The molecule has 0 saturated heterocycles. The number of esters is 1. The van der Waals surface area contributed by atoms with Crippen molar-refractivity contribution in [1.82, 2.24) is 24.5 Å². The maximum Gasteiger partial charge on any atom is 0.361 e. The van der Waals surface area contributed by atoms with Gasteiger partial charge < -0.3 is 15.0 Å². The summed E-state index contributed by atoms with van der Waals surface area (Å²) in [7, 11) is 1.75. The Balaban J connectivity index is 2.54. The monoisotopic (exact) mass is 278 g/mol. The van der Waals surface area contributed by atoms with Crippen LogP contribution in [0.1, 0.15) is 17.4 Å². The van der Waals surface area contributed by atoms with E-state index in [-0.39, 0.29) is 18.8 Å². The van der Waals surface area contributed by atoms with E-state index in [0.29, 0.717) is 11.5 Å². The number of aryl methyl sites for hydroxylation is 1. The normalized spacial score (nSPS) is 10.5. The number of hydrogen-bond donors (Lipinski definition) is 1. The lowest BCUT2D eigenvalue weighted by atomic mass is 10.3. The molecule has 0 fully saturated rings. The lowest BCUT2D eigenvalue weighted by Gasteiger charge is -2.06. The Morgan fingerprint density at radius 3 is 2.75 bits per heavy atom. The molecule has 2 N–H and O–H groups in total. The van der Waals surface area contributed by atoms with Crippen LogP contribution in [0.2, 0.25) is 0 Å². The third-order valence-corrected chi connectivity index (χ3v) is 2.54. The van der Waals surface area contributed by atoms with Crippen LogP contribution in [0.3, 0.4) is 0 Å². The van der Waals surface area contributed by atoms with Crippen molar-refractivity contribution in [3.8, 4) is 11.5 Å². The van der Waals surface area contributed by atoms with Crippen LogP contribution >= 0.6 is 0 Å². The fourth-order valence-corrected chi connectivity index (χ4v) is 1.72. The van der Waals surface area contributed by atoms with Gasteiger partial charge in [-0.15, -0.1) is 5.10 Å². The molecule has 1 amide bonds. The van der Waals surface area contributed by atoms with E-state index >= 15 is 0 Å². The second-order valence-corrected chi connectivity index (χ2v) is 3.99. The van der Waals surface area contributed by atoms with Gasteiger partial charge in [0.05, 0.1) is 6.61 Å². The molecule has 0 bridgehead atoms. The highest BCUT2D eigenvalue weighted by molar-refractivity contribution is 5.93. The number of nitrogens with zero attached hydrogens (tertiary/aromatic N) is 5. The number of ether oxygens (including phenoxy) is 1. The Kier molecular flexibility index (Phi) is 3.78. The average molecular weight is 278 g/mol. The first kappa shape index (κ1) is 13.7. The summed E-state index contributed by atoms with van der Waals surface area (Å²) in [5.41, 5.74) is 5.46. The Morgan fingerprint density at radius 2 is 2.20 bits per heavy atom. The summed E-state index contributed by atoms with van der Waals surface area (Å²) in [5, 5.41) is 7.53. The van der Waals surface area contributed by atoms with E-state index in [1.54, 1.807) is 30.9 Å². The van der Waals surface area contributed by atoms with Gasteiger partial charge in [0.25, 0.3) is 0 Å². The summed E-state index contributed by atoms with van der Waals surface area (Å²) >= 11 is 0. The van der Waals surface area contributed by atoms with E-state index in [9.17, 15) is 9.59 Å². The van der Waals surface area contributed by atoms with Crippen LogP contribution in [-0.2, 0) is 23.1 Å². The largest absolute Gasteiger partial charge is 0.461 e. The first-order valence-electron chi connectivity index (χ1n) is 5.91. The number of rotatable bonds is 5. The van der Waals surface area contributed by atoms with E-state index in [4.69, 9.17) is 10.5 Å². The Labute approximate surface area is 114 Å². The molecule has 2 heterocycles. The van der Waals surface area contributed by atoms with Crippen molar-refractivity contribution in [3.63, 3.8) is 0 Å². The van der Waals surface area contributed by atoms with Crippen LogP contribution in [0.4, 0.5) is 0 Å². The third-order valence-electron chi connectivity index (χ3n) is 2.54. The van der Waals surface area contributed by atoms with Crippen LogP contribution in [-0.4, -0.2) is 43.0 Å². The van der Waals surface area contributed by atoms with Crippen molar-refractivity contribution in [3.05, 3.63) is 18.1 Å². The van der Waals surface area contributed by atoms with Gasteiger partial charge in [-0.3, -0.25) is 4.79 Å². The number of amides is 1. The minimum Gasteiger partial charge on any atom is -0.461 e. The third kappa shape index (κ3) is 2.51. The molecule has 0 radical (unpaired) electrons. The Hall–Kier alpha value is -2.71. The zero-order valence-electron chi connectivity index (χ0n) is 11.1. The highest BCUT2D eigenvalue weighted by Crippen LogP contribution is 2.20. The number of hydrogen-bond acceptors (Lipinski definition) is 6. The van der Waals surface area contributed by atoms with Crippen LogP contribution in [0, 0.1) is 0 Å². The summed E-state index contributed by atoms with van der Waals surface area (Å²) in [6.45, 7) is 1.70. The summed E-state index contributed by atoms with van der Waals surface area (Å²) in [6, 6.07) is 0. The lowest BCUT2D eigenvalue weighted by molar-refractivity contribution is -0.118. The molecular weight excluding hydrogens is 264 g/mol. The smallest absolute Gasteiger partial charge is 0.361 e. The number of nitrogens with two attached hydrogens (primary N) is 1. The van der Waals surface area contributed by atoms with Gasteiger partial charge in [-0.05, 0) is 6.92 Å². The SMILES string of the molecule is CCOC(=O)c1nnn(CC(N)=O)c1-c1nccn1C. The summed E-state index contributed by atoms with van der Waals surface area (Å²) in [4.78, 5) is 27.1. The van der Waals surface area contributed by atoms with Crippen LogP contribution in [0.25, 0.3) is 11.5 Å². The molecule has 0 atom stereocenters. The van der Waals surface area contributed by atoms with Gasteiger partial charge in [-0.25, -0.2) is 14.5 Å². The fraction of sp³-hybridized carbons (Fsp3) is 0.364. The zero-order valence-corrected chi connectivity index (χ0v) is 11.1. The molecule has 0 saturated carbocycles. The molecule has 0 aliphatic heterocycles. The predicted molar refractivity (Wildman–Crippen MR) is 67.4 cm³/mol. The van der Waals surface area contributed by atoms with Crippen molar-refractivity contribution in [2.45, 2.75) is 13.5 Å². The highest BCUT2D eigenvalue weighted by atomic mass is 16.5. The number of carbonyl (C=O) groups excluding carboxylic acids is 2. The minimum atomic E-state index is -0.624. The predicted octanol–water partition coefficient (Wildman–Crippen LogP) is -0.659. The molecule has 0 aliphatic carbocycles. The maximum absolute atomic E-state index is 11.9. The number of primary amides is 1. The molecule has 0 aliphatic rings. The van der Waals surface area contributed by atoms with Crippen molar-refractivity contribution in [2.24, 2.45) is 12.8 Å². The quantitative estimate of drug-likeness (QED) is 0.725. The summed E-state index contributed by atoms with van der Waals surface area (Å²) in [5.74, 6) is -0.777. The molecule has 9 nitrogen and oxygen atoms in total. The Bertz CT molecular complexity index is 644. The molecule has 2 aromatic heterocycles. The zero-order chi connectivity index (χ0) is 14.7. The molecule has 2 rings (SSSR count). The lowest BCUT2D eigenvalue weighted by Crippen LogP contribution is -2.21. The van der Waals surface area contributed by atoms with E-state index in [1.807, 2.05) is 0 Å². The highest BCUT2D eigenvalue weighted by Gasteiger charge is 2.25. The second kappa shape index (κ2) is 5.51. The Morgan fingerprint density at radius 1 is 1.45 bits per heavy atom. The fourth-order valence-electron chi connectivity index (χ4n) is 1.72. The topological polar surface area (TPSA) is 118 Å². The molecular formula is C11H14N6O3. The van der Waals surface area contributed by atoms with E-state index in [1.165, 1.54) is 4.68 Å². The molecule has 0 spiro atoms. The molecule has 20 heavy (non-hydrogen) atoms. The van der Waals surface area contributed by atoms with Crippen molar-refractivity contribution in [2.75, 3.05) is 6.61 Å². The number of aromatic nitrogens is 5. The molecule has 9 heteroatoms. The molecule has 0 unspecified atom stereocenters. The average Bonchev–Trinajstić information content (AvgIpc) is 2.95.